The van der Waals surface area contributed by atoms with E-state index in [9.17, 15) is 9.59 Å². The number of amides is 2. The third-order valence-electron chi connectivity index (χ3n) is 7.58. The average molecular weight is 511 g/mol. The molecule has 188 valence electrons. The molecule has 11 nitrogen and oxygen atoms in total. The van der Waals surface area contributed by atoms with Gasteiger partial charge in [0, 0.05) is 38.0 Å². The lowest BCUT2D eigenvalue weighted by molar-refractivity contribution is -0.130. The molecule has 2 bridgehead atoms. The summed E-state index contributed by atoms with van der Waals surface area (Å²) in [7, 11) is 0. The maximum atomic E-state index is 11.6. The van der Waals surface area contributed by atoms with Gasteiger partial charge in [-0.05, 0) is 19.3 Å². The van der Waals surface area contributed by atoms with Crippen molar-refractivity contribution in [3.8, 4) is 11.4 Å². The van der Waals surface area contributed by atoms with E-state index in [-0.39, 0.29) is 35.9 Å². The number of anilines is 1. The van der Waals surface area contributed by atoms with E-state index in [0.29, 0.717) is 27.7 Å². The molecule has 4 heterocycles. The number of halogens is 1. The molecule has 12 heteroatoms. The van der Waals surface area contributed by atoms with Gasteiger partial charge in [-0.25, -0.2) is 14.8 Å². The summed E-state index contributed by atoms with van der Waals surface area (Å²) in [6.07, 6.45) is 11.0. The standard InChI is InChI=1S/C24H27ClN8O3/c1-12(34)32-6-4-16(5-7-32)33-11-15(9-28-33)22-30-20-19(17(25)10-27-23(20)31-22)29-18-13-2-3-14(8-13)21(18)36-24(26)35/h2-3,9-11,13-14,16,18,21H,4-8H2,1H3,(H2,26,35)(H2,27,29,30,31)/t13-,14+,18+,21-/m0/s1. The molecule has 0 aromatic carbocycles. The number of likely N-dealkylation sites (tertiary alicyclic amines) is 1. The van der Waals surface area contributed by atoms with Gasteiger partial charge in [0.2, 0.25) is 5.91 Å². The number of piperidine rings is 1. The minimum absolute atomic E-state index is 0.112. The first-order valence-corrected chi connectivity index (χ1v) is 12.5. The largest absolute Gasteiger partial charge is 0.444 e. The summed E-state index contributed by atoms with van der Waals surface area (Å²) < 4.78 is 7.40. The number of ether oxygens (including phenoxy) is 1. The van der Waals surface area contributed by atoms with Crippen LogP contribution in [0.4, 0.5) is 10.5 Å². The first-order chi connectivity index (χ1) is 17.4. The lowest BCUT2D eigenvalue weighted by atomic mass is 9.98. The van der Waals surface area contributed by atoms with Crippen LogP contribution < -0.4 is 11.1 Å². The first kappa shape index (κ1) is 22.8. The molecule has 0 spiro atoms. The number of nitrogens with one attached hydrogen (secondary N) is 2. The van der Waals surface area contributed by atoms with E-state index in [1.165, 1.54) is 0 Å². The molecule has 4 atom stereocenters. The number of carbonyl (C=O) groups excluding carboxylic acids is 2. The van der Waals surface area contributed by atoms with Crippen LogP contribution in [-0.2, 0) is 9.53 Å². The number of imidazole rings is 1. The van der Waals surface area contributed by atoms with Gasteiger partial charge in [0.05, 0.1) is 40.8 Å². The molecule has 1 saturated heterocycles. The van der Waals surface area contributed by atoms with Crippen LogP contribution in [0.15, 0.2) is 30.7 Å². The lowest BCUT2D eigenvalue weighted by Gasteiger charge is -2.31. The number of hydrogen-bond donors (Lipinski definition) is 3. The van der Waals surface area contributed by atoms with Crippen molar-refractivity contribution in [3.63, 3.8) is 0 Å². The van der Waals surface area contributed by atoms with Gasteiger partial charge in [0.15, 0.2) is 5.65 Å². The van der Waals surface area contributed by atoms with Crippen molar-refractivity contribution in [1.29, 1.82) is 0 Å². The molecule has 1 saturated carbocycles. The number of primary amides is 1. The van der Waals surface area contributed by atoms with Crippen LogP contribution in [0.5, 0.6) is 0 Å². The van der Waals surface area contributed by atoms with Crippen molar-refractivity contribution in [2.24, 2.45) is 17.6 Å². The maximum Gasteiger partial charge on any atom is 0.404 e. The lowest BCUT2D eigenvalue weighted by Crippen LogP contribution is -2.41. The fraction of sp³-hybridized carbons (Fsp3) is 0.458. The number of H-pyrrole nitrogens is 1. The Hall–Kier alpha value is -3.60. The predicted molar refractivity (Wildman–Crippen MR) is 133 cm³/mol. The average Bonchev–Trinajstić information content (AvgIpc) is 3.65. The number of aromatic nitrogens is 5. The number of rotatable bonds is 5. The van der Waals surface area contributed by atoms with Crippen LogP contribution in [0, 0.1) is 11.8 Å². The van der Waals surface area contributed by atoms with Gasteiger partial charge in [0.1, 0.15) is 17.4 Å². The monoisotopic (exact) mass is 510 g/mol. The number of hydrogen-bond acceptors (Lipinski definition) is 7. The highest BCUT2D eigenvalue weighted by atomic mass is 35.5. The zero-order chi connectivity index (χ0) is 25.0. The van der Waals surface area contributed by atoms with Gasteiger partial charge < -0.3 is 25.7 Å². The van der Waals surface area contributed by atoms with Crippen molar-refractivity contribution < 1.29 is 14.3 Å². The molecule has 3 aliphatic rings. The Balaban J connectivity index is 1.26. The van der Waals surface area contributed by atoms with Gasteiger partial charge in [-0.3, -0.25) is 9.48 Å². The summed E-state index contributed by atoms with van der Waals surface area (Å²) in [4.78, 5) is 37.4. The van der Waals surface area contributed by atoms with Crippen LogP contribution in [-0.4, -0.2) is 66.9 Å². The van der Waals surface area contributed by atoms with E-state index in [4.69, 9.17) is 22.1 Å². The smallest absolute Gasteiger partial charge is 0.404 e. The molecule has 1 aliphatic heterocycles. The van der Waals surface area contributed by atoms with Crippen molar-refractivity contribution in [2.45, 2.75) is 44.4 Å². The molecule has 36 heavy (non-hydrogen) atoms. The summed E-state index contributed by atoms with van der Waals surface area (Å²) in [6.45, 7) is 3.07. The van der Waals surface area contributed by atoms with E-state index < -0.39 is 6.09 Å². The van der Waals surface area contributed by atoms with E-state index >= 15 is 0 Å². The second kappa shape index (κ2) is 8.81. The van der Waals surface area contributed by atoms with E-state index in [1.54, 1.807) is 19.3 Å². The molecule has 4 N–H and O–H groups in total. The molecule has 3 aromatic rings. The van der Waals surface area contributed by atoms with E-state index in [1.807, 2.05) is 15.8 Å². The quantitative estimate of drug-likeness (QED) is 0.447. The minimum atomic E-state index is -0.786. The molecule has 0 radical (unpaired) electrons. The van der Waals surface area contributed by atoms with Gasteiger partial charge >= 0.3 is 6.09 Å². The topological polar surface area (TPSA) is 144 Å². The summed E-state index contributed by atoms with van der Waals surface area (Å²) in [6, 6.07) is 0.0718. The van der Waals surface area contributed by atoms with Crippen molar-refractivity contribution in [1.82, 2.24) is 29.6 Å². The molecule has 2 aliphatic carbocycles. The van der Waals surface area contributed by atoms with Gasteiger partial charge in [-0.1, -0.05) is 23.8 Å². The van der Waals surface area contributed by atoms with Gasteiger partial charge in [0.25, 0.3) is 0 Å². The highest BCUT2D eigenvalue weighted by Crippen LogP contribution is 2.44. The van der Waals surface area contributed by atoms with E-state index in [0.717, 1.165) is 37.9 Å². The highest BCUT2D eigenvalue weighted by molar-refractivity contribution is 6.34. The number of carbonyl (C=O) groups is 2. The van der Waals surface area contributed by atoms with Crippen molar-refractivity contribution in [2.75, 3.05) is 18.4 Å². The molecule has 2 amide bonds. The summed E-state index contributed by atoms with van der Waals surface area (Å²) in [5, 5.41) is 8.50. The molecule has 0 unspecified atom stereocenters. The van der Waals surface area contributed by atoms with Crippen LogP contribution in [0.2, 0.25) is 5.02 Å². The zero-order valence-corrected chi connectivity index (χ0v) is 20.5. The first-order valence-electron chi connectivity index (χ1n) is 12.1. The van der Waals surface area contributed by atoms with Crippen LogP contribution in [0.3, 0.4) is 0 Å². The van der Waals surface area contributed by atoms with Gasteiger partial charge in [-0.2, -0.15) is 5.10 Å². The van der Waals surface area contributed by atoms with Crippen LogP contribution >= 0.6 is 11.6 Å². The Morgan fingerprint density at radius 3 is 2.75 bits per heavy atom. The maximum absolute atomic E-state index is 11.6. The Labute approximate surface area is 212 Å². The number of nitrogens with two attached hydrogens (primary N) is 1. The fourth-order valence-electron chi connectivity index (χ4n) is 5.74. The predicted octanol–water partition coefficient (Wildman–Crippen LogP) is 3.11. The third kappa shape index (κ3) is 3.97. The molecular weight excluding hydrogens is 484 g/mol. The van der Waals surface area contributed by atoms with Crippen LogP contribution in [0.25, 0.3) is 22.6 Å². The third-order valence-corrected chi connectivity index (χ3v) is 7.87. The second-order valence-corrected chi connectivity index (χ2v) is 10.1. The second-order valence-electron chi connectivity index (χ2n) is 9.73. The van der Waals surface area contributed by atoms with Gasteiger partial charge in [-0.15, -0.1) is 0 Å². The molecule has 6 rings (SSSR count). The van der Waals surface area contributed by atoms with E-state index in [2.05, 4.69) is 37.5 Å². The fourth-order valence-corrected chi connectivity index (χ4v) is 5.94. The van der Waals surface area contributed by atoms with Crippen molar-refractivity contribution >= 4 is 40.5 Å². The Morgan fingerprint density at radius 1 is 1.22 bits per heavy atom. The molecule has 2 fully saturated rings. The minimum Gasteiger partial charge on any atom is -0.444 e. The Morgan fingerprint density at radius 2 is 2.00 bits per heavy atom. The number of aromatic amines is 1. The summed E-state index contributed by atoms with van der Waals surface area (Å²) in [5.74, 6) is 1.07. The normalized spacial score (nSPS) is 25.6. The highest BCUT2D eigenvalue weighted by Gasteiger charge is 2.47. The molecular formula is C24H27ClN8O3. The van der Waals surface area contributed by atoms with Crippen LogP contribution in [0.1, 0.15) is 32.2 Å². The zero-order valence-electron chi connectivity index (χ0n) is 19.7. The summed E-state index contributed by atoms with van der Waals surface area (Å²) in [5.41, 5.74) is 8.02. The number of pyridine rings is 1. The molecule has 3 aromatic heterocycles. The summed E-state index contributed by atoms with van der Waals surface area (Å²) >= 11 is 6.56. The SMILES string of the molecule is CC(=O)N1CCC(n2cc(-c3nc4ncc(Cl)c(N[C@H]5[C@@H](OC(N)=O)[C@@H]6C=C[C@H]5C6)c4[nH]3)cn2)CC1. The number of nitrogens with zero attached hydrogens (tertiary/aromatic N) is 5. The number of fused-ring (bicyclic) bond motifs is 3. The van der Waals surface area contributed by atoms with Crippen molar-refractivity contribution in [3.05, 3.63) is 35.8 Å². The Bertz CT molecular complexity index is 1360. The Kier molecular flexibility index (Phi) is 5.59.